The summed E-state index contributed by atoms with van der Waals surface area (Å²) >= 11 is 3.27. The molecule has 0 aliphatic heterocycles. The zero-order chi connectivity index (χ0) is 22.6. The number of amides is 1. The van der Waals surface area contributed by atoms with Crippen molar-refractivity contribution in [2.75, 3.05) is 11.9 Å². The topological polar surface area (TPSA) is 136 Å². The van der Waals surface area contributed by atoms with Gasteiger partial charge >= 0.3 is 5.97 Å². The Kier molecular flexibility index (Phi) is 6.83. The van der Waals surface area contributed by atoms with E-state index in [4.69, 9.17) is 4.74 Å². The minimum Gasteiger partial charge on any atom is -0.458 e. The van der Waals surface area contributed by atoms with Gasteiger partial charge in [-0.1, -0.05) is 0 Å². The second-order valence-electron chi connectivity index (χ2n) is 6.35. The Morgan fingerprint density at radius 2 is 1.87 bits per heavy atom. The van der Waals surface area contributed by atoms with E-state index in [1.807, 2.05) is 0 Å². The zero-order valence-corrected chi connectivity index (χ0v) is 18.6. The number of nitrogens with one attached hydrogen (secondary N) is 2. The van der Waals surface area contributed by atoms with Gasteiger partial charge in [0.1, 0.15) is 18.8 Å². The van der Waals surface area contributed by atoms with Crippen molar-refractivity contribution in [1.29, 1.82) is 0 Å². The molecule has 0 aliphatic rings. The number of anilines is 1. The first-order valence-electron chi connectivity index (χ1n) is 8.85. The number of rotatable bonds is 7. The largest absolute Gasteiger partial charge is 0.458 e. The second kappa shape index (κ2) is 9.37. The van der Waals surface area contributed by atoms with Crippen molar-refractivity contribution in [2.45, 2.75) is 18.4 Å². The zero-order valence-electron chi connectivity index (χ0n) is 16.2. The normalized spacial score (nSPS) is 11.3. The lowest BCUT2D eigenvalue weighted by molar-refractivity contribution is -0.143. The molecule has 0 bridgehead atoms. The summed E-state index contributed by atoms with van der Waals surface area (Å²) in [5.74, 6) is -1.12. The first kappa shape index (κ1) is 22.6. The average molecular weight is 509 g/mol. The van der Waals surface area contributed by atoms with E-state index in [-0.39, 0.29) is 28.7 Å². The first-order chi connectivity index (χ1) is 14.6. The first-order valence-corrected chi connectivity index (χ1v) is 11.1. The Bertz CT molecular complexity index is 1310. The maximum Gasteiger partial charge on any atom is 0.321 e. The SMILES string of the molecule is CC(=O)Nc1ccc(S(=O)(=O)NCC(=O)OCc2cc(=O)n3cc(Br)ccc3n2)cc1. The summed E-state index contributed by atoms with van der Waals surface area (Å²) < 4.78 is 33.8. The molecule has 3 rings (SSSR count). The van der Waals surface area contributed by atoms with Gasteiger partial charge in [-0.15, -0.1) is 0 Å². The molecule has 0 spiro atoms. The van der Waals surface area contributed by atoms with Gasteiger partial charge in [-0.25, -0.2) is 13.4 Å². The van der Waals surface area contributed by atoms with E-state index < -0.39 is 22.5 Å². The fraction of sp³-hybridized carbons (Fsp3) is 0.158. The molecule has 2 aromatic heterocycles. The van der Waals surface area contributed by atoms with E-state index in [1.54, 1.807) is 18.3 Å². The Morgan fingerprint density at radius 1 is 1.16 bits per heavy atom. The third-order valence-corrected chi connectivity index (χ3v) is 5.84. The Morgan fingerprint density at radius 3 is 2.55 bits per heavy atom. The summed E-state index contributed by atoms with van der Waals surface area (Å²) in [5, 5.41) is 2.52. The number of sulfonamides is 1. The highest BCUT2D eigenvalue weighted by molar-refractivity contribution is 9.10. The number of pyridine rings is 1. The number of nitrogens with zero attached hydrogens (tertiary/aromatic N) is 2. The van der Waals surface area contributed by atoms with Crippen LogP contribution in [0.15, 0.2) is 62.8 Å². The smallest absolute Gasteiger partial charge is 0.321 e. The molecule has 3 aromatic rings. The summed E-state index contributed by atoms with van der Waals surface area (Å²) in [6, 6.07) is 10.0. The molecule has 2 N–H and O–H groups in total. The van der Waals surface area contributed by atoms with Crippen LogP contribution in [0, 0.1) is 0 Å². The van der Waals surface area contributed by atoms with Gasteiger partial charge in [-0.05, 0) is 52.3 Å². The third-order valence-electron chi connectivity index (χ3n) is 3.95. The van der Waals surface area contributed by atoms with Crippen LogP contribution in [0.2, 0.25) is 0 Å². The molecule has 31 heavy (non-hydrogen) atoms. The third kappa shape index (κ3) is 5.96. The molecular formula is C19H17BrN4O6S. The van der Waals surface area contributed by atoms with Crippen molar-refractivity contribution in [2.24, 2.45) is 0 Å². The molecular weight excluding hydrogens is 492 g/mol. The Balaban J connectivity index is 1.58. The average Bonchev–Trinajstić information content (AvgIpc) is 2.71. The van der Waals surface area contributed by atoms with Crippen molar-refractivity contribution >= 4 is 49.2 Å². The molecule has 1 amide bonds. The summed E-state index contributed by atoms with van der Waals surface area (Å²) in [4.78, 5) is 39.3. The molecule has 0 saturated carbocycles. The van der Waals surface area contributed by atoms with Gasteiger partial charge in [0.2, 0.25) is 15.9 Å². The number of carbonyl (C=O) groups excluding carboxylic acids is 2. The monoisotopic (exact) mass is 508 g/mol. The van der Waals surface area contributed by atoms with Crippen molar-refractivity contribution in [1.82, 2.24) is 14.1 Å². The predicted molar refractivity (Wildman–Crippen MR) is 115 cm³/mol. The summed E-state index contributed by atoms with van der Waals surface area (Å²) in [7, 11) is -3.96. The Hall–Kier alpha value is -3.09. The van der Waals surface area contributed by atoms with E-state index in [1.165, 1.54) is 41.7 Å². The molecule has 0 radical (unpaired) electrons. The van der Waals surface area contributed by atoms with Crippen LogP contribution < -0.4 is 15.6 Å². The van der Waals surface area contributed by atoms with E-state index in [0.717, 1.165) is 0 Å². The molecule has 0 unspecified atom stereocenters. The lowest BCUT2D eigenvalue weighted by atomic mass is 10.3. The molecule has 12 heteroatoms. The predicted octanol–water partition coefficient (Wildman–Crippen LogP) is 1.44. The van der Waals surface area contributed by atoms with E-state index in [9.17, 15) is 22.8 Å². The van der Waals surface area contributed by atoms with Crippen LogP contribution >= 0.6 is 15.9 Å². The summed E-state index contributed by atoms with van der Waals surface area (Å²) in [6.45, 7) is 0.448. The van der Waals surface area contributed by atoms with Crippen LogP contribution in [-0.4, -0.2) is 36.2 Å². The van der Waals surface area contributed by atoms with Gasteiger partial charge in [0.05, 0.1) is 10.6 Å². The van der Waals surface area contributed by atoms with Crippen LogP contribution in [0.5, 0.6) is 0 Å². The van der Waals surface area contributed by atoms with Gasteiger partial charge in [0, 0.05) is 29.3 Å². The number of hydrogen-bond acceptors (Lipinski definition) is 7. The molecule has 0 saturated heterocycles. The lowest BCUT2D eigenvalue weighted by Gasteiger charge is -2.09. The van der Waals surface area contributed by atoms with Gasteiger partial charge in [-0.2, -0.15) is 4.72 Å². The Labute approximate surface area is 185 Å². The fourth-order valence-corrected chi connectivity index (χ4v) is 3.87. The fourth-order valence-electron chi connectivity index (χ4n) is 2.56. The number of halogens is 1. The molecule has 0 aliphatic carbocycles. The number of aromatic nitrogens is 2. The maximum absolute atomic E-state index is 12.3. The van der Waals surface area contributed by atoms with Crippen LogP contribution in [0.25, 0.3) is 5.65 Å². The molecule has 1 aromatic carbocycles. The van der Waals surface area contributed by atoms with Crippen LogP contribution in [-0.2, 0) is 31.0 Å². The van der Waals surface area contributed by atoms with E-state index in [2.05, 4.69) is 31.0 Å². The number of fused-ring (bicyclic) bond motifs is 1. The minimum atomic E-state index is -3.96. The molecule has 162 valence electrons. The minimum absolute atomic E-state index is 0.0789. The molecule has 2 heterocycles. The summed E-state index contributed by atoms with van der Waals surface area (Å²) in [6.07, 6.45) is 1.57. The van der Waals surface area contributed by atoms with Gasteiger partial charge in [-0.3, -0.25) is 18.8 Å². The van der Waals surface area contributed by atoms with Crippen LogP contribution in [0.1, 0.15) is 12.6 Å². The van der Waals surface area contributed by atoms with Gasteiger partial charge in [0.15, 0.2) is 0 Å². The second-order valence-corrected chi connectivity index (χ2v) is 9.03. The number of esters is 1. The van der Waals surface area contributed by atoms with Crippen LogP contribution in [0.4, 0.5) is 5.69 Å². The lowest BCUT2D eigenvalue weighted by Crippen LogP contribution is -2.30. The van der Waals surface area contributed by atoms with Crippen molar-refractivity contribution in [3.63, 3.8) is 0 Å². The highest BCUT2D eigenvalue weighted by atomic mass is 79.9. The maximum atomic E-state index is 12.3. The number of hydrogen-bond donors (Lipinski definition) is 2. The number of ether oxygens (including phenoxy) is 1. The number of benzene rings is 1. The van der Waals surface area contributed by atoms with Crippen molar-refractivity contribution < 1.29 is 22.7 Å². The number of carbonyl (C=O) groups is 2. The van der Waals surface area contributed by atoms with E-state index in [0.29, 0.717) is 15.8 Å². The quantitative estimate of drug-likeness (QED) is 0.460. The van der Waals surface area contributed by atoms with E-state index >= 15 is 0 Å². The molecule has 10 nitrogen and oxygen atoms in total. The van der Waals surface area contributed by atoms with Crippen LogP contribution in [0.3, 0.4) is 0 Å². The molecule has 0 atom stereocenters. The highest BCUT2D eigenvalue weighted by Crippen LogP contribution is 2.14. The van der Waals surface area contributed by atoms with Crippen molar-refractivity contribution in [3.8, 4) is 0 Å². The van der Waals surface area contributed by atoms with Gasteiger partial charge in [0.25, 0.3) is 5.56 Å². The summed E-state index contributed by atoms with van der Waals surface area (Å²) in [5.41, 5.74) is 0.708. The van der Waals surface area contributed by atoms with Crippen molar-refractivity contribution in [3.05, 3.63) is 69.2 Å². The molecule has 0 fully saturated rings. The standard InChI is InChI=1S/C19H17BrN4O6S/c1-12(25)22-14-3-5-16(6-4-14)31(28,29)21-9-19(27)30-11-15-8-18(26)24-10-13(20)2-7-17(24)23-15/h2-8,10,21H,9,11H2,1H3,(H,22,25). The highest BCUT2D eigenvalue weighted by Gasteiger charge is 2.16. The van der Waals surface area contributed by atoms with Gasteiger partial charge < -0.3 is 10.1 Å².